The van der Waals surface area contributed by atoms with Crippen molar-refractivity contribution in [3.63, 3.8) is 0 Å². The van der Waals surface area contributed by atoms with Crippen LogP contribution in [0.15, 0.2) is 24.3 Å². The lowest BCUT2D eigenvalue weighted by atomic mass is 10.1. The molecular formula is C14H17N5. The number of aryl methyl sites for hydroxylation is 1. The smallest absolute Gasteiger partial charge is 0.146 e. The Balaban J connectivity index is 2.03. The minimum Gasteiger partial charge on any atom is -0.317 e. The minimum absolute atomic E-state index is 0.695. The van der Waals surface area contributed by atoms with E-state index in [0.717, 1.165) is 30.3 Å². The molecule has 0 aliphatic rings. The predicted octanol–water partition coefficient (Wildman–Crippen LogP) is 1.63. The van der Waals surface area contributed by atoms with E-state index in [4.69, 9.17) is 5.26 Å². The molecule has 0 spiro atoms. The van der Waals surface area contributed by atoms with Crippen molar-refractivity contribution in [3.8, 4) is 6.07 Å². The Kier molecular flexibility index (Phi) is 3.93. The molecule has 1 heterocycles. The molecule has 2 rings (SSSR count). The summed E-state index contributed by atoms with van der Waals surface area (Å²) in [5.41, 5.74) is 1.82. The molecule has 0 radical (unpaired) electrons. The van der Waals surface area contributed by atoms with Crippen molar-refractivity contribution < 1.29 is 0 Å². The average molecular weight is 255 g/mol. The third-order valence-corrected chi connectivity index (χ3v) is 3.10. The number of hydrogen-bond donors (Lipinski definition) is 0. The Morgan fingerprint density at radius 2 is 2.11 bits per heavy atom. The Bertz CT molecular complexity index is 609. The van der Waals surface area contributed by atoms with Gasteiger partial charge in [-0.2, -0.15) is 5.26 Å². The maximum atomic E-state index is 8.89. The van der Waals surface area contributed by atoms with Gasteiger partial charge in [0.2, 0.25) is 0 Å². The van der Waals surface area contributed by atoms with Crippen molar-refractivity contribution in [2.75, 3.05) is 7.05 Å². The van der Waals surface area contributed by atoms with Gasteiger partial charge in [-0.05, 0) is 31.7 Å². The molecule has 0 unspecified atom stereocenters. The summed E-state index contributed by atoms with van der Waals surface area (Å²) in [7, 11) is 4.00. The first-order chi connectivity index (χ1) is 9.10. The zero-order valence-electron chi connectivity index (χ0n) is 11.5. The van der Waals surface area contributed by atoms with Crippen LogP contribution in [0.5, 0.6) is 0 Å². The van der Waals surface area contributed by atoms with Crippen LogP contribution in [-0.2, 0) is 20.1 Å². The van der Waals surface area contributed by atoms with Crippen molar-refractivity contribution in [3.05, 3.63) is 47.0 Å². The van der Waals surface area contributed by atoms with Gasteiger partial charge in [-0.25, -0.2) is 0 Å². The lowest BCUT2D eigenvalue weighted by molar-refractivity contribution is 0.306. The molecule has 5 nitrogen and oxygen atoms in total. The fourth-order valence-electron chi connectivity index (χ4n) is 1.94. The van der Waals surface area contributed by atoms with Gasteiger partial charge in [0.15, 0.2) is 0 Å². The lowest BCUT2D eigenvalue weighted by Crippen LogP contribution is -2.19. The Morgan fingerprint density at radius 1 is 1.32 bits per heavy atom. The van der Waals surface area contributed by atoms with Crippen LogP contribution in [0.1, 0.15) is 22.8 Å². The Hall–Kier alpha value is -2.19. The van der Waals surface area contributed by atoms with Gasteiger partial charge in [-0.15, -0.1) is 10.2 Å². The quantitative estimate of drug-likeness (QED) is 0.833. The van der Waals surface area contributed by atoms with Gasteiger partial charge in [0.1, 0.15) is 11.6 Å². The van der Waals surface area contributed by atoms with Gasteiger partial charge in [0.25, 0.3) is 0 Å². The van der Waals surface area contributed by atoms with Crippen LogP contribution in [0.4, 0.5) is 0 Å². The summed E-state index contributed by atoms with van der Waals surface area (Å²) >= 11 is 0. The van der Waals surface area contributed by atoms with Gasteiger partial charge in [0.05, 0.1) is 18.2 Å². The summed E-state index contributed by atoms with van der Waals surface area (Å²) < 4.78 is 1.99. The molecule has 2 aromatic rings. The van der Waals surface area contributed by atoms with Crippen LogP contribution in [0.25, 0.3) is 0 Å². The molecule has 0 amide bonds. The maximum absolute atomic E-state index is 8.89. The molecule has 0 saturated heterocycles. The molecule has 0 fully saturated rings. The molecule has 0 aliphatic carbocycles. The van der Waals surface area contributed by atoms with E-state index in [1.165, 1.54) is 0 Å². The van der Waals surface area contributed by atoms with E-state index in [-0.39, 0.29) is 0 Å². The molecule has 0 atom stereocenters. The molecule has 98 valence electrons. The second-order valence-corrected chi connectivity index (χ2v) is 4.71. The second kappa shape index (κ2) is 5.63. The van der Waals surface area contributed by atoms with Crippen LogP contribution in [0.3, 0.4) is 0 Å². The summed E-state index contributed by atoms with van der Waals surface area (Å²) in [6.07, 6.45) is 0. The summed E-state index contributed by atoms with van der Waals surface area (Å²) in [6, 6.07) is 9.83. The van der Waals surface area contributed by atoms with Crippen molar-refractivity contribution in [1.82, 2.24) is 19.7 Å². The normalized spacial score (nSPS) is 10.7. The summed E-state index contributed by atoms with van der Waals surface area (Å²) in [5, 5.41) is 17.1. The highest BCUT2D eigenvalue weighted by Gasteiger charge is 2.08. The molecule has 19 heavy (non-hydrogen) atoms. The van der Waals surface area contributed by atoms with Crippen LogP contribution in [0, 0.1) is 18.3 Å². The first-order valence-electron chi connectivity index (χ1n) is 6.12. The highest BCUT2D eigenvalue weighted by molar-refractivity contribution is 5.32. The Labute approximate surface area is 113 Å². The van der Waals surface area contributed by atoms with Crippen LogP contribution >= 0.6 is 0 Å². The monoisotopic (exact) mass is 255 g/mol. The average Bonchev–Trinajstić information content (AvgIpc) is 2.71. The third kappa shape index (κ3) is 3.18. The number of nitrogens with zero attached hydrogens (tertiary/aromatic N) is 5. The number of benzene rings is 1. The zero-order valence-corrected chi connectivity index (χ0v) is 11.5. The van der Waals surface area contributed by atoms with Crippen molar-refractivity contribution >= 4 is 0 Å². The molecule has 1 aromatic heterocycles. The van der Waals surface area contributed by atoms with E-state index < -0.39 is 0 Å². The Morgan fingerprint density at radius 3 is 2.74 bits per heavy atom. The third-order valence-electron chi connectivity index (χ3n) is 3.10. The van der Waals surface area contributed by atoms with Gasteiger partial charge in [-0.1, -0.05) is 12.1 Å². The second-order valence-electron chi connectivity index (χ2n) is 4.71. The van der Waals surface area contributed by atoms with E-state index in [2.05, 4.69) is 21.2 Å². The maximum Gasteiger partial charge on any atom is 0.146 e. The predicted molar refractivity (Wildman–Crippen MR) is 72.1 cm³/mol. The van der Waals surface area contributed by atoms with Crippen LogP contribution in [-0.4, -0.2) is 26.7 Å². The SMILES string of the molecule is Cc1nnc(CN(C)Cc2cccc(C#N)c2)n1C. The topological polar surface area (TPSA) is 57.7 Å². The summed E-state index contributed by atoms with van der Waals surface area (Å²) in [4.78, 5) is 2.15. The molecule has 0 saturated carbocycles. The van der Waals surface area contributed by atoms with Gasteiger partial charge in [0, 0.05) is 13.6 Å². The first-order valence-corrected chi connectivity index (χ1v) is 6.12. The van der Waals surface area contributed by atoms with Gasteiger partial charge in [-0.3, -0.25) is 4.90 Å². The largest absolute Gasteiger partial charge is 0.317 e. The van der Waals surface area contributed by atoms with Crippen LogP contribution in [0.2, 0.25) is 0 Å². The van der Waals surface area contributed by atoms with Crippen molar-refractivity contribution in [1.29, 1.82) is 5.26 Å². The summed E-state index contributed by atoms with van der Waals surface area (Å²) in [6.45, 7) is 3.45. The molecule has 0 N–H and O–H groups in total. The number of nitriles is 1. The van der Waals surface area contributed by atoms with E-state index >= 15 is 0 Å². The highest BCUT2D eigenvalue weighted by Crippen LogP contribution is 2.09. The number of hydrogen-bond acceptors (Lipinski definition) is 4. The molecule has 1 aromatic carbocycles. The standard InChI is InChI=1S/C14H17N5/c1-11-16-17-14(19(11)3)10-18(2)9-13-6-4-5-12(7-13)8-15/h4-7H,9-10H2,1-3H3. The fraction of sp³-hybridized carbons (Fsp3) is 0.357. The van der Waals surface area contributed by atoms with E-state index in [0.29, 0.717) is 5.56 Å². The lowest BCUT2D eigenvalue weighted by Gasteiger charge is -2.16. The van der Waals surface area contributed by atoms with E-state index in [1.54, 1.807) is 0 Å². The molecule has 0 bridgehead atoms. The first kappa shape index (κ1) is 13.2. The number of rotatable bonds is 4. The van der Waals surface area contributed by atoms with Crippen LogP contribution < -0.4 is 0 Å². The molecular weight excluding hydrogens is 238 g/mol. The van der Waals surface area contributed by atoms with E-state index in [9.17, 15) is 0 Å². The van der Waals surface area contributed by atoms with Crippen molar-refractivity contribution in [2.24, 2.45) is 7.05 Å². The molecule has 5 heteroatoms. The van der Waals surface area contributed by atoms with Crippen molar-refractivity contribution in [2.45, 2.75) is 20.0 Å². The zero-order chi connectivity index (χ0) is 13.8. The highest BCUT2D eigenvalue weighted by atomic mass is 15.3. The molecule has 0 aliphatic heterocycles. The fourth-order valence-corrected chi connectivity index (χ4v) is 1.94. The van der Waals surface area contributed by atoms with E-state index in [1.807, 2.05) is 49.9 Å². The van der Waals surface area contributed by atoms with Gasteiger partial charge < -0.3 is 4.57 Å². The number of aromatic nitrogens is 3. The minimum atomic E-state index is 0.695. The van der Waals surface area contributed by atoms with Gasteiger partial charge >= 0.3 is 0 Å². The summed E-state index contributed by atoms with van der Waals surface area (Å²) in [5.74, 6) is 1.85.